The predicted molar refractivity (Wildman–Crippen MR) is 38.6 cm³/mol. The molecule has 0 fully saturated rings. The van der Waals surface area contributed by atoms with E-state index >= 15 is 0 Å². The Kier molecular flexibility index (Phi) is 3.84. The number of hydrogen-bond donors (Lipinski definition) is 0. The molecular weight excluding hydrogens is 154 g/mol. The van der Waals surface area contributed by atoms with Gasteiger partial charge in [0.15, 0.2) is 0 Å². The van der Waals surface area contributed by atoms with Gasteiger partial charge in [-0.2, -0.15) is 0 Å². The summed E-state index contributed by atoms with van der Waals surface area (Å²) in [7, 11) is 0. The summed E-state index contributed by atoms with van der Waals surface area (Å²) in [5.41, 5.74) is 7.98. The molecule has 0 amide bonds. The van der Waals surface area contributed by atoms with E-state index in [-0.39, 0.29) is 5.92 Å². The van der Waals surface area contributed by atoms with Gasteiger partial charge in [0, 0.05) is 4.91 Å². The normalized spacial score (nSPS) is 12.4. The van der Waals surface area contributed by atoms with E-state index in [9.17, 15) is 4.79 Å². The summed E-state index contributed by atoms with van der Waals surface area (Å²) in [6.45, 7) is 3.53. The van der Waals surface area contributed by atoms with Crippen LogP contribution in [-0.2, 0) is 4.79 Å². The van der Waals surface area contributed by atoms with Crippen molar-refractivity contribution < 1.29 is 4.79 Å². The Morgan fingerprint density at radius 1 is 1.70 bits per heavy atom. The highest BCUT2D eigenvalue weighted by atomic mass is 35.5. The largest absolute Gasteiger partial charge is 0.281 e. The Labute approximate surface area is 63.8 Å². The standard InChI is InChI=1S/C5H8ClN3O/c1-3(2)4(5(6)10)8-9-7/h3-4H,1-2H3/t4-/m0/s1. The molecule has 0 rings (SSSR count). The molecule has 4 nitrogen and oxygen atoms in total. The van der Waals surface area contributed by atoms with Crippen LogP contribution in [0.4, 0.5) is 0 Å². The van der Waals surface area contributed by atoms with E-state index in [2.05, 4.69) is 10.0 Å². The van der Waals surface area contributed by atoms with Gasteiger partial charge in [0.2, 0.25) is 5.24 Å². The van der Waals surface area contributed by atoms with Gasteiger partial charge in [0.05, 0.1) is 0 Å². The van der Waals surface area contributed by atoms with Crippen LogP contribution in [0.1, 0.15) is 13.8 Å². The zero-order valence-corrected chi connectivity index (χ0v) is 6.54. The van der Waals surface area contributed by atoms with Crippen molar-refractivity contribution in [1.29, 1.82) is 0 Å². The molecule has 5 heteroatoms. The lowest BCUT2D eigenvalue weighted by Gasteiger charge is -2.07. The van der Waals surface area contributed by atoms with Crippen molar-refractivity contribution in [3.8, 4) is 0 Å². The molecule has 0 saturated carbocycles. The maximum absolute atomic E-state index is 10.5. The van der Waals surface area contributed by atoms with Crippen molar-refractivity contribution >= 4 is 16.8 Å². The van der Waals surface area contributed by atoms with Crippen molar-refractivity contribution in [2.75, 3.05) is 0 Å². The fourth-order valence-corrected chi connectivity index (χ4v) is 0.792. The molecule has 0 saturated heterocycles. The quantitative estimate of drug-likeness (QED) is 0.271. The van der Waals surface area contributed by atoms with E-state index in [1.54, 1.807) is 13.8 Å². The van der Waals surface area contributed by atoms with E-state index in [1.807, 2.05) is 0 Å². The Morgan fingerprint density at radius 3 is 2.30 bits per heavy atom. The molecule has 0 bridgehead atoms. The predicted octanol–water partition coefficient (Wildman–Crippen LogP) is 2.09. The summed E-state index contributed by atoms with van der Waals surface area (Å²) in [6.07, 6.45) is 0. The lowest BCUT2D eigenvalue weighted by molar-refractivity contribution is -0.113. The van der Waals surface area contributed by atoms with E-state index < -0.39 is 11.3 Å². The first-order valence-corrected chi connectivity index (χ1v) is 3.21. The highest BCUT2D eigenvalue weighted by Crippen LogP contribution is 2.09. The summed E-state index contributed by atoms with van der Waals surface area (Å²) in [5, 5.41) is 2.62. The van der Waals surface area contributed by atoms with Gasteiger partial charge in [0.1, 0.15) is 6.04 Å². The lowest BCUT2D eigenvalue weighted by atomic mass is 10.1. The van der Waals surface area contributed by atoms with Crippen LogP contribution in [0.3, 0.4) is 0 Å². The molecule has 0 radical (unpaired) electrons. The molecule has 0 aromatic heterocycles. The van der Waals surface area contributed by atoms with Crippen LogP contribution in [0.2, 0.25) is 0 Å². The highest BCUT2D eigenvalue weighted by molar-refractivity contribution is 6.64. The van der Waals surface area contributed by atoms with Crippen molar-refractivity contribution in [2.45, 2.75) is 19.9 Å². The minimum atomic E-state index is -0.730. The third-order valence-electron chi connectivity index (χ3n) is 1.04. The molecule has 0 aliphatic heterocycles. The van der Waals surface area contributed by atoms with Crippen LogP contribution in [0.5, 0.6) is 0 Å². The summed E-state index contributed by atoms with van der Waals surface area (Å²) in [6, 6.07) is -0.730. The van der Waals surface area contributed by atoms with E-state index in [0.29, 0.717) is 0 Å². The van der Waals surface area contributed by atoms with Gasteiger partial charge in [-0.05, 0) is 23.0 Å². The zero-order valence-electron chi connectivity index (χ0n) is 5.78. The van der Waals surface area contributed by atoms with Gasteiger partial charge in [-0.1, -0.05) is 19.0 Å². The average Bonchev–Trinajstić information content (AvgIpc) is 1.81. The second kappa shape index (κ2) is 4.14. The second-order valence-electron chi connectivity index (χ2n) is 2.20. The molecule has 0 heterocycles. The Bertz CT molecular complexity index is 172. The third kappa shape index (κ3) is 2.71. The molecule has 10 heavy (non-hydrogen) atoms. The zero-order chi connectivity index (χ0) is 8.15. The average molecular weight is 162 g/mol. The topological polar surface area (TPSA) is 65.8 Å². The first kappa shape index (κ1) is 9.27. The second-order valence-corrected chi connectivity index (χ2v) is 2.57. The lowest BCUT2D eigenvalue weighted by Crippen LogP contribution is -2.18. The molecule has 56 valence electrons. The number of hydrogen-bond acceptors (Lipinski definition) is 2. The fraction of sp³-hybridized carbons (Fsp3) is 0.800. The van der Waals surface area contributed by atoms with Gasteiger partial charge in [0.25, 0.3) is 0 Å². The van der Waals surface area contributed by atoms with Crippen LogP contribution in [0.15, 0.2) is 5.11 Å². The van der Waals surface area contributed by atoms with Crippen molar-refractivity contribution in [3.63, 3.8) is 0 Å². The van der Waals surface area contributed by atoms with E-state index in [1.165, 1.54) is 0 Å². The van der Waals surface area contributed by atoms with E-state index in [4.69, 9.17) is 17.1 Å². The minimum Gasteiger partial charge on any atom is -0.281 e. The van der Waals surface area contributed by atoms with Crippen LogP contribution in [0, 0.1) is 5.92 Å². The molecule has 0 aromatic rings. The molecule has 0 spiro atoms. The van der Waals surface area contributed by atoms with Gasteiger partial charge >= 0.3 is 0 Å². The van der Waals surface area contributed by atoms with Gasteiger partial charge in [-0.3, -0.25) is 4.79 Å². The van der Waals surface area contributed by atoms with Gasteiger partial charge in [-0.15, -0.1) is 0 Å². The number of nitrogens with zero attached hydrogens (tertiary/aromatic N) is 3. The SMILES string of the molecule is CC(C)[C@H](N=[N+]=[N-])C(=O)Cl. The number of carbonyl (C=O) groups excluding carboxylic acids is 1. The molecule has 0 unspecified atom stereocenters. The molecule has 0 aromatic carbocycles. The number of azide groups is 1. The van der Waals surface area contributed by atoms with Crippen LogP contribution in [0.25, 0.3) is 10.4 Å². The van der Waals surface area contributed by atoms with Crippen LogP contribution >= 0.6 is 11.6 Å². The summed E-state index contributed by atoms with van der Waals surface area (Å²) < 4.78 is 0. The maximum Gasteiger partial charge on any atom is 0.230 e. The highest BCUT2D eigenvalue weighted by Gasteiger charge is 2.17. The van der Waals surface area contributed by atoms with Crippen LogP contribution < -0.4 is 0 Å². The fourth-order valence-electron chi connectivity index (χ4n) is 0.496. The smallest absolute Gasteiger partial charge is 0.230 e. The Morgan fingerprint density at radius 2 is 2.20 bits per heavy atom. The van der Waals surface area contributed by atoms with E-state index in [0.717, 1.165) is 0 Å². The molecule has 1 atom stereocenters. The molecule has 0 aliphatic carbocycles. The monoisotopic (exact) mass is 161 g/mol. The number of halogens is 1. The van der Waals surface area contributed by atoms with Gasteiger partial charge < -0.3 is 0 Å². The summed E-state index contributed by atoms with van der Waals surface area (Å²) >= 11 is 5.11. The number of carbonyl (C=O) groups is 1. The summed E-state index contributed by atoms with van der Waals surface area (Å²) in [5.74, 6) is -0.0408. The summed E-state index contributed by atoms with van der Waals surface area (Å²) in [4.78, 5) is 13.0. The van der Waals surface area contributed by atoms with Crippen molar-refractivity contribution in [2.24, 2.45) is 11.0 Å². The first-order valence-electron chi connectivity index (χ1n) is 2.83. The van der Waals surface area contributed by atoms with Crippen LogP contribution in [-0.4, -0.2) is 11.3 Å². The minimum absolute atomic E-state index is 0.0408. The van der Waals surface area contributed by atoms with Crippen molar-refractivity contribution in [1.82, 2.24) is 0 Å². The Balaban J connectivity index is 4.26. The first-order chi connectivity index (χ1) is 4.59. The van der Waals surface area contributed by atoms with Crippen molar-refractivity contribution in [3.05, 3.63) is 10.4 Å². The maximum atomic E-state index is 10.5. The Hall–Kier alpha value is -0.730. The number of rotatable bonds is 3. The molecule has 0 N–H and O–H groups in total. The molecular formula is C5H8ClN3O. The molecule has 0 aliphatic rings. The van der Waals surface area contributed by atoms with Gasteiger partial charge in [-0.25, -0.2) is 0 Å². The third-order valence-corrected chi connectivity index (χ3v) is 1.26.